The highest BCUT2D eigenvalue weighted by Gasteiger charge is 2.27. The summed E-state index contributed by atoms with van der Waals surface area (Å²) < 4.78 is 13.0. The Kier molecular flexibility index (Phi) is 6.10. The Morgan fingerprint density at radius 2 is 1.97 bits per heavy atom. The summed E-state index contributed by atoms with van der Waals surface area (Å²) in [6.07, 6.45) is 2.09. The molecule has 0 bridgehead atoms. The number of anilines is 1. The first kappa shape index (κ1) is 20.2. The van der Waals surface area contributed by atoms with E-state index in [1.807, 2.05) is 18.2 Å². The summed E-state index contributed by atoms with van der Waals surface area (Å²) in [6, 6.07) is 11.5. The molecule has 0 aliphatic carbocycles. The number of amides is 1. The van der Waals surface area contributed by atoms with Crippen molar-refractivity contribution < 1.29 is 9.18 Å². The number of likely N-dealkylation sites (tertiary alicyclic amines) is 1. The average Bonchev–Trinajstić information content (AvgIpc) is 3.36. The molecule has 29 heavy (non-hydrogen) atoms. The number of carbonyl (C=O) groups is 1. The smallest absolute Gasteiger partial charge is 0.286 e. The third-order valence-electron chi connectivity index (χ3n) is 4.79. The number of nitrogens with zero attached hydrogens (tertiary/aromatic N) is 3. The van der Waals surface area contributed by atoms with Crippen molar-refractivity contribution >= 4 is 46.1 Å². The number of benzene rings is 2. The number of aromatic nitrogens is 2. The Bertz CT molecular complexity index is 1030. The molecule has 3 aromatic rings. The molecule has 4 rings (SSSR count). The van der Waals surface area contributed by atoms with Gasteiger partial charge in [0.25, 0.3) is 5.91 Å². The van der Waals surface area contributed by atoms with Crippen molar-refractivity contribution in [2.45, 2.75) is 25.4 Å². The quantitative estimate of drug-likeness (QED) is 0.551. The second-order valence-electron chi connectivity index (χ2n) is 6.76. The average molecular weight is 451 g/mol. The molecular formula is C20H17Cl2FN4OS. The predicted molar refractivity (Wildman–Crippen MR) is 113 cm³/mol. The van der Waals surface area contributed by atoms with Gasteiger partial charge in [-0.2, -0.15) is 0 Å². The lowest BCUT2D eigenvalue weighted by Gasteiger charge is -2.23. The third-order valence-corrected chi connectivity index (χ3v) is 6.44. The first-order valence-electron chi connectivity index (χ1n) is 9.08. The third kappa shape index (κ3) is 4.75. The van der Waals surface area contributed by atoms with Crippen LogP contribution in [0.15, 0.2) is 42.5 Å². The predicted octanol–water partition coefficient (Wildman–Crippen LogP) is 5.57. The zero-order chi connectivity index (χ0) is 20.4. The highest BCUT2D eigenvalue weighted by atomic mass is 35.5. The van der Waals surface area contributed by atoms with Gasteiger partial charge < -0.3 is 5.32 Å². The van der Waals surface area contributed by atoms with Crippen LogP contribution in [0.2, 0.25) is 10.0 Å². The van der Waals surface area contributed by atoms with Gasteiger partial charge in [-0.3, -0.25) is 9.69 Å². The second-order valence-corrected chi connectivity index (χ2v) is 8.64. The minimum atomic E-state index is -0.359. The molecule has 1 atom stereocenters. The molecule has 2 heterocycles. The van der Waals surface area contributed by atoms with Gasteiger partial charge in [-0.25, -0.2) is 4.39 Å². The SMILES string of the molecule is O=C(Nc1ccc(F)cc1)c1nnc(CN2CCCC2c2ccc(Cl)c(Cl)c2)s1. The van der Waals surface area contributed by atoms with E-state index in [0.29, 0.717) is 22.3 Å². The first-order chi connectivity index (χ1) is 14.0. The largest absolute Gasteiger partial charge is 0.320 e. The Morgan fingerprint density at radius 3 is 2.72 bits per heavy atom. The van der Waals surface area contributed by atoms with Gasteiger partial charge in [-0.1, -0.05) is 40.6 Å². The van der Waals surface area contributed by atoms with Crippen molar-refractivity contribution in [2.75, 3.05) is 11.9 Å². The molecule has 0 radical (unpaired) electrons. The van der Waals surface area contributed by atoms with Crippen molar-refractivity contribution in [1.82, 2.24) is 15.1 Å². The number of hydrogen-bond acceptors (Lipinski definition) is 5. The van der Waals surface area contributed by atoms with Gasteiger partial charge in [-0.05, 0) is 61.3 Å². The maximum Gasteiger partial charge on any atom is 0.286 e. The van der Waals surface area contributed by atoms with Gasteiger partial charge in [-0.15, -0.1) is 10.2 Å². The van der Waals surface area contributed by atoms with E-state index in [-0.39, 0.29) is 22.8 Å². The van der Waals surface area contributed by atoms with E-state index in [9.17, 15) is 9.18 Å². The lowest BCUT2D eigenvalue weighted by Crippen LogP contribution is -2.22. The topological polar surface area (TPSA) is 58.1 Å². The molecule has 1 amide bonds. The maximum absolute atomic E-state index is 13.0. The molecule has 1 saturated heterocycles. The van der Waals surface area contributed by atoms with Crippen LogP contribution < -0.4 is 5.32 Å². The van der Waals surface area contributed by atoms with E-state index in [1.54, 1.807) is 0 Å². The summed E-state index contributed by atoms with van der Waals surface area (Å²) in [7, 11) is 0. The molecule has 1 aromatic heterocycles. The maximum atomic E-state index is 13.0. The Hall–Kier alpha value is -2.06. The fraction of sp³-hybridized carbons (Fsp3) is 0.250. The van der Waals surface area contributed by atoms with Gasteiger partial charge in [0.2, 0.25) is 5.01 Å². The number of hydrogen-bond donors (Lipinski definition) is 1. The molecule has 9 heteroatoms. The summed E-state index contributed by atoms with van der Waals surface area (Å²) >= 11 is 13.5. The lowest BCUT2D eigenvalue weighted by molar-refractivity contribution is 0.102. The number of halogens is 3. The van der Waals surface area contributed by atoms with E-state index >= 15 is 0 Å². The van der Waals surface area contributed by atoms with Crippen molar-refractivity contribution in [1.29, 1.82) is 0 Å². The van der Waals surface area contributed by atoms with Gasteiger partial charge >= 0.3 is 0 Å². The van der Waals surface area contributed by atoms with Crippen LogP contribution in [0.25, 0.3) is 0 Å². The molecule has 1 fully saturated rings. The highest BCUT2D eigenvalue weighted by molar-refractivity contribution is 7.13. The van der Waals surface area contributed by atoms with E-state index < -0.39 is 0 Å². The summed E-state index contributed by atoms with van der Waals surface area (Å²) in [5.41, 5.74) is 1.63. The fourth-order valence-electron chi connectivity index (χ4n) is 3.41. The van der Waals surface area contributed by atoms with Gasteiger partial charge in [0.1, 0.15) is 10.8 Å². The lowest BCUT2D eigenvalue weighted by atomic mass is 10.0. The van der Waals surface area contributed by atoms with Crippen LogP contribution in [0.3, 0.4) is 0 Å². The summed E-state index contributed by atoms with van der Waals surface area (Å²) in [5.74, 6) is -0.717. The molecular weight excluding hydrogens is 434 g/mol. The molecule has 1 unspecified atom stereocenters. The zero-order valence-electron chi connectivity index (χ0n) is 15.2. The first-order valence-corrected chi connectivity index (χ1v) is 10.6. The molecule has 1 aliphatic rings. The van der Waals surface area contributed by atoms with Crippen LogP contribution >= 0.6 is 34.5 Å². The summed E-state index contributed by atoms with van der Waals surface area (Å²) in [4.78, 5) is 14.7. The summed E-state index contributed by atoms with van der Waals surface area (Å²) in [5, 5.41) is 13.0. The second kappa shape index (κ2) is 8.75. The van der Waals surface area contributed by atoms with Gasteiger partial charge in [0, 0.05) is 11.7 Å². The van der Waals surface area contributed by atoms with Gasteiger partial charge in [0.05, 0.1) is 16.6 Å². The van der Waals surface area contributed by atoms with Crippen molar-refractivity contribution in [3.63, 3.8) is 0 Å². The van der Waals surface area contributed by atoms with Crippen LogP contribution in [0.1, 0.15) is 39.3 Å². The van der Waals surface area contributed by atoms with Crippen LogP contribution in [-0.2, 0) is 6.54 Å². The van der Waals surface area contributed by atoms with Crippen LogP contribution in [-0.4, -0.2) is 27.5 Å². The number of rotatable bonds is 5. The minimum Gasteiger partial charge on any atom is -0.320 e. The Labute approximate surface area is 181 Å². The van der Waals surface area contributed by atoms with Crippen LogP contribution in [0.5, 0.6) is 0 Å². The molecule has 1 N–H and O–H groups in total. The zero-order valence-corrected chi connectivity index (χ0v) is 17.6. The monoisotopic (exact) mass is 450 g/mol. The van der Waals surface area contributed by atoms with E-state index in [4.69, 9.17) is 23.2 Å². The number of carbonyl (C=O) groups excluding carboxylic acids is 1. The molecule has 1 aliphatic heterocycles. The summed E-state index contributed by atoms with van der Waals surface area (Å²) in [6.45, 7) is 1.54. The molecule has 2 aromatic carbocycles. The molecule has 0 saturated carbocycles. The van der Waals surface area contributed by atoms with Crippen molar-refractivity contribution in [2.24, 2.45) is 0 Å². The van der Waals surface area contributed by atoms with E-state index in [2.05, 4.69) is 20.4 Å². The van der Waals surface area contributed by atoms with Crippen molar-refractivity contribution in [3.8, 4) is 0 Å². The molecule has 5 nitrogen and oxygen atoms in total. The minimum absolute atomic E-state index is 0.227. The van der Waals surface area contributed by atoms with Crippen LogP contribution in [0, 0.1) is 5.82 Å². The fourth-order valence-corrected chi connectivity index (χ4v) is 4.48. The molecule has 0 spiro atoms. The molecule has 150 valence electrons. The van der Waals surface area contributed by atoms with Crippen molar-refractivity contribution in [3.05, 3.63) is 73.9 Å². The highest BCUT2D eigenvalue weighted by Crippen LogP contribution is 2.36. The van der Waals surface area contributed by atoms with Gasteiger partial charge in [0.15, 0.2) is 0 Å². The Morgan fingerprint density at radius 1 is 1.17 bits per heavy atom. The van der Waals surface area contributed by atoms with E-state index in [0.717, 1.165) is 30.0 Å². The Balaban J connectivity index is 1.43. The normalized spacial score (nSPS) is 16.9. The number of nitrogens with one attached hydrogen (secondary N) is 1. The standard InChI is InChI=1S/C20H17Cl2FN4OS/c21-15-8-3-12(10-16(15)22)17-2-1-9-27(17)11-18-25-26-20(29-18)19(28)24-14-6-4-13(23)5-7-14/h3-8,10,17H,1-2,9,11H2,(H,24,28). The van der Waals surface area contributed by atoms with Crippen LogP contribution in [0.4, 0.5) is 10.1 Å². The van der Waals surface area contributed by atoms with E-state index in [1.165, 1.54) is 35.6 Å².